The van der Waals surface area contributed by atoms with E-state index < -0.39 is 0 Å². The number of hydrogen-bond acceptors (Lipinski definition) is 4. The summed E-state index contributed by atoms with van der Waals surface area (Å²) in [6.07, 6.45) is 5.84. The SMILES string of the molecule is COc1ccccc1CC(C)N(Cc1ccccc1)C(=O)/C=C/c1nccs1. The molecule has 1 aromatic heterocycles. The molecule has 3 rings (SSSR count). The molecule has 0 radical (unpaired) electrons. The predicted molar refractivity (Wildman–Crippen MR) is 114 cm³/mol. The van der Waals surface area contributed by atoms with Crippen molar-refractivity contribution in [3.63, 3.8) is 0 Å². The number of nitrogens with zero attached hydrogens (tertiary/aromatic N) is 2. The van der Waals surface area contributed by atoms with Crippen molar-refractivity contribution in [1.29, 1.82) is 0 Å². The lowest BCUT2D eigenvalue weighted by molar-refractivity contribution is -0.128. The first kappa shape index (κ1) is 19.8. The molecule has 3 aromatic rings. The zero-order chi connectivity index (χ0) is 19.8. The predicted octanol–water partition coefficient (Wildman–Crippen LogP) is 4.82. The number of thiazole rings is 1. The molecule has 0 saturated carbocycles. The van der Waals surface area contributed by atoms with Crippen molar-refractivity contribution in [3.8, 4) is 5.75 Å². The van der Waals surface area contributed by atoms with Crippen LogP contribution in [0.25, 0.3) is 6.08 Å². The highest BCUT2D eigenvalue weighted by molar-refractivity contribution is 7.10. The number of aromatic nitrogens is 1. The van der Waals surface area contributed by atoms with E-state index in [1.807, 2.05) is 64.9 Å². The first-order valence-corrected chi connectivity index (χ1v) is 10.1. The summed E-state index contributed by atoms with van der Waals surface area (Å²) in [5, 5.41) is 2.72. The van der Waals surface area contributed by atoms with E-state index in [9.17, 15) is 4.79 Å². The molecule has 0 bridgehead atoms. The Morgan fingerprint density at radius 2 is 1.93 bits per heavy atom. The van der Waals surface area contributed by atoms with Gasteiger partial charge in [0.1, 0.15) is 10.8 Å². The number of carbonyl (C=O) groups is 1. The molecule has 28 heavy (non-hydrogen) atoms. The summed E-state index contributed by atoms with van der Waals surface area (Å²) in [5.74, 6) is 0.821. The van der Waals surface area contributed by atoms with Gasteiger partial charge in [0.25, 0.3) is 0 Å². The van der Waals surface area contributed by atoms with E-state index in [0.29, 0.717) is 13.0 Å². The molecule has 1 atom stereocenters. The van der Waals surface area contributed by atoms with Crippen LogP contribution in [0.4, 0.5) is 0 Å². The normalized spacial score (nSPS) is 12.1. The molecule has 0 N–H and O–H groups in total. The van der Waals surface area contributed by atoms with Crippen LogP contribution in [-0.4, -0.2) is 28.9 Å². The molecule has 0 aliphatic rings. The molecule has 144 valence electrons. The van der Waals surface area contributed by atoms with Gasteiger partial charge in [0, 0.05) is 30.2 Å². The molecular formula is C23H24N2O2S. The third-order valence-corrected chi connectivity index (χ3v) is 5.28. The third kappa shape index (κ3) is 5.30. The monoisotopic (exact) mass is 392 g/mol. The van der Waals surface area contributed by atoms with Crippen molar-refractivity contribution in [2.24, 2.45) is 0 Å². The van der Waals surface area contributed by atoms with Crippen molar-refractivity contribution >= 4 is 23.3 Å². The Morgan fingerprint density at radius 1 is 1.18 bits per heavy atom. The fourth-order valence-corrected chi connectivity index (χ4v) is 3.62. The van der Waals surface area contributed by atoms with Crippen molar-refractivity contribution in [1.82, 2.24) is 9.88 Å². The highest BCUT2D eigenvalue weighted by Crippen LogP contribution is 2.22. The van der Waals surface area contributed by atoms with E-state index in [0.717, 1.165) is 21.9 Å². The summed E-state index contributed by atoms with van der Waals surface area (Å²) < 4.78 is 5.48. The molecule has 2 aromatic carbocycles. The second-order valence-electron chi connectivity index (χ2n) is 6.52. The lowest BCUT2D eigenvalue weighted by Gasteiger charge is -2.29. The molecular weight excluding hydrogens is 368 g/mol. The van der Waals surface area contributed by atoms with Crippen LogP contribution >= 0.6 is 11.3 Å². The summed E-state index contributed by atoms with van der Waals surface area (Å²) in [7, 11) is 1.67. The van der Waals surface area contributed by atoms with Crippen LogP contribution in [0, 0.1) is 0 Å². The minimum absolute atomic E-state index is 0.00458. The number of ether oxygens (including phenoxy) is 1. The van der Waals surface area contributed by atoms with Gasteiger partial charge in [-0.1, -0.05) is 48.5 Å². The molecule has 4 nitrogen and oxygen atoms in total. The Hall–Kier alpha value is -2.92. The average molecular weight is 393 g/mol. The van der Waals surface area contributed by atoms with Crippen LogP contribution in [0.1, 0.15) is 23.1 Å². The third-order valence-electron chi connectivity index (χ3n) is 4.54. The van der Waals surface area contributed by atoms with Crippen LogP contribution < -0.4 is 4.74 Å². The Bertz CT molecular complexity index is 907. The van der Waals surface area contributed by atoms with Gasteiger partial charge in [-0.05, 0) is 36.6 Å². The maximum absolute atomic E-state index is 13.0. The van der Waals surface area contributed by atoms with Crippen molar-refractivity contribution in [3.05, 3.63) is 88.4 Å². The van der Waals surface area contributed by atoms with Crippen LogP contribution in [0.3, 0.4) is 0 Å². The summed E-state index contributed by atoms with van der Waals surface area (Å²) in [4.78, 5) is 19.1. The fraction of sp³-hybridized carbons (Fsp3) is 0.217. The van der Waals surface area contributed by atoms with E-state index in [1.54, 1.807) is 25.5 Å². The molecule has 0 spiro atoms. The number of amides is 1. The Kier molecular flexibility index (Phi) is 6.98. The molecule has 5 heteroatoms. The second-order valence-corrected chi connectivity index (χ2v) is 7.45. The quantitative estimate of drug-likeness (QED) is 0.516. The van der Waals surface area contributed by atoms with E-state index in [1.165, 1.54) is 11.3 Å². The largest absolute Gasteiger partial charge is 0.496 e. The second kappa shape index (κ2) is 9.85. The van der Waals surface area contributed by atoms with Gasteiger partial charge >= 0.3 is 0 Å². The van der Waals surface area contributed by atoms with Gasteiger partial charge in [0.2, 0.25) is 5.91 Å². The molecule has 1 amide bonds. The van der Waals surface area contributed by atoms with Crippen LogP contribution in [0.15, 0.2) is 72.3 Å². The van der Waals surface area contributed by atoms with Gasteiger partial charge in [0.05, 0.1) is 7.11 Å². The Balaban J connectivity index is 1.81. The van der Waals surface area contributed by atoms with Crippen molar-refractivity contribution in [2.45, 2.75) is 25.9 Å². The maximum atomic E-state index is 13.0. The highest BCUT2D eigenvalue weighted by Gasteiger charge is 2.20. The lowest BCUT2D eigenvalue weighted by Crippen LogP contribution is -2.38. The van der Waals surface area contributed by atoms with Gasteiger partial charge in [-0.25, -0.2) is 4.98 Å². The van der Waals surface area contributed by atoms with Crippen LogP contribution in [0.5, 0.6) is 5.75 Å². The molecule has 0 fully saturated rings. The van der Waals surface area contributed by atoms with Crippen molar-refractivity contribution in [2.75, 3.05) is 7.11 Å². The van der Waals surface area contributed by atoms with Crippen LogP contribution in [0.2, 0.25) is 0 Å². The molecule has 0 aliphatic carbocycles. The summed E-state index contributed by atoms with van der Waals surface area (Å²) in [6, 6.07) is 18.0. The minimum atomic E-state index is -0.0264. The number of hydrogen-bond donors (Lipinski definition) is 0. The fourth-order valence-electron chi connectivity index (χ4n) is 3.09. The van der Waals surface area contributed by atoms with E-state index in [2.05, 4.69) is 11.9 Å². The van der Waals surface area contributed by atoms with Crippen molar-refractivity contribution < 1.29 is 9.53 Å². The molecule has 0 saturated heterocycles. The first-order valence-electron chi connectivity index (χ1n) is 9.21. The summed E-state index contributed by atoms with van der Waals surface area (Å²) in [6.45, 7) is 2.63. The van der Waals surface area contributed by atoms with Gasteiger partial charge in [-0.15, -0.1) is 11.3 Å². The smallest absolute Gasteiger partial charge is 0.247 e. The number of benzene rings is 2. The van der Waals surface area contributed by atoms with Gasteiger partial charge in [-0.2, -0.15) is 0 Å². The van der Waals surface area contributed by atoms with E-state index in [-0.39, 0.29) is 11.9 Å². The number of methoxy groups -OCH3 is 1. The van der Waals surface area contributed by atoms with Gasteiger partial charge in [0.15, 0.2) is 0 Å². The number of para-hydroxylation sites is 1. The lowest BCUT2D eigenvalue weighted by atomic mass is 10.0. The minimum Gasteiger partial charge on any atom is -0.496 e. The Labute approximate surface area is 170 Å². The van der Waals surface area contributed by atoms with Gasteiger partial charge < -0.3 is 9.64 Å². The van der Waals surface area contributed by atoms with E-state index >= 15 is 0 Å². The first-order chi connectivity index (χ1) is 13.7. The zero-order valence-corrected chi connectivity index (χ0v) is 16.9. The maximum Gasteiger partial charge on any atom is 0.247 e. The number of carbonyl (C=O) groups excluding carboxylic acids is 1. The number of rotatable bonds is 8. The molecule has 1 unspecified atom stereocenters. The summed E-state index contributed by atoms with van der Waals surface area (Å²) >= 11 is 1.51. The highest BCUT2D eigenvalue weighted by atomic mass is 32.1. The average Bonchev–Trinajstić information content (AvgIpc) is 3.25. The standard InChI is InChI=1S/C23H24N2O2S/c1-18(16-20-10-6-7-11-21(20)27-2)25(17-19-8-4-3-5-9-19)23(26)13-12-22-24-14-15-28-22/h3-15,18H,16-17H2,1-2H3/b13-12+. The molecule has 1 heterocycles. The van der Waals surface area contributed by atoms with Gasteiger partial charge in [-0.3, -0.25) is 4.79 Å². The van der Waals surface area contributed by atoms with Crippen LogP contribution in [-0.2, 0) is 17.8 Å². The Morgan fingerprint density at radius 3 is 2.64 bits per heavy atom. The topological polar surface area (TPSA) is 42.4 Å². The summed E-state index contributed by atoms with van der Waals surface area (Å²) in [5.41, 5.74) is 2.19. The zero-order valence-electron chi connectivity index (χ0n) is 16.1. The molecule has 0 aliphatic heterocycles. The van der Waals surface area contributed by atoms with E-state index in [4.69, 9.17) is 4.74 Å².